The largest absolute Gasteiger partial charge is 0.496 e. The predicted molar refractivity (Wildman–Crippen MR) is 64.9 cm³/mol. The van der Waals surface area contributed by atoms with Gasteiger partial charge < -0.3 is 4.74 Å². The molecule has 0 bridgehead atoms. The first-order valence-corrected chi connectivity index (χ1v) is 5.72. The fourth-order valence-corrected chi connectivity index (χ4v) is 2.72. The molecule has 0 amide bonds. The van der Waals surface area contributed by atoms with E-state index in [1.165, 1.54) is 20.5 Å². The van der Waals surface area contributed by atoms with Crippen LogP contribution in [0.25, 0.3) is 15.7 Å². The Labute approximate surface area is 92.3 Å². The molecule has 0 saturated carbocycles. The van der Waals surface area contributed by atoms with Crippen LogP contribution >= 0.6 is 11.3 Å². The number of fused-ring (bicyclic) bond motifs is 1. The normalized spacial score (nSPS) is 15.1. The van der Waals surface area contributed by atoms with E-state index in [2.05, 4.69) is 36.4 Å². The topological polar surface area (TPSA) is 9.23 Å². The maximum atomic E-state index is 5.29. The number of thiophene rings is 1. The minimum absolute atomic E-state index is 0.689. The number of hydrogen-bond donors (Lipinski definition) is 0. The molecule has 2 heterocycles. The van der Waals surface area contributed by atoms with Crippen LogP contribution in [0.4, 0.5) is 0 Å². The van der Waals surface area contributed by atoms with Crippen molar-refractivity contribution >= 4 is 27.0 Å². The van der Waals surface area contributed by atoms with Crippen molar-refractivity contribution < 1.29 is 4.74 Å². The lowest BCUT2D eigenvalue weighted by atomic mass is 10.2. The molecule has 0 saturated heterocycles. The minimum Gasteiger partial charge on any atom is -0.496 e. The summed E-state index contributed by atoms with van der Waals surface area (Å²) in [5.74, 6) is 0. The molecule has 15 heavy (non-hydrogen) atoms. The van der Waals surface area contributed by atoms with Gasteiger partial charge in [-0.3, -0.25) is 0 Å². The van der Waals surface area contributed by atoms with Crippen LogP contribution in [-0.2, 0) is 4.74 Å². The van der Waals surface area contributed by atoms with E-state index in [0.717, 1.165) is 0 Å². The number of ether oxygens (including phenoxy) is 1. The zero-order chi connectivity index (χ0) is 10.1. The van der Waals surface area contributed by atoms with Gasteiger partial charge in [0.1, 0.15) is 6.61 Å². The van der Waals surface area contributed by atoms with Gasteiger partial charge in [-0.15, -0.1) is 11.3 Å². The number of allylic oxidation sites excluding steroid dienone is 2. The summed E-state index contributed by atoms with van der Waals surface area (Å²) in [6.45, 7) is 0.689. The van der Waals surface area contributed by atoms with Crippen molar-refractivity contribution in [3.63, 3.8) is 0 Å². The van der Waals surface area contributed by atoms with Gasteiger partial charge >= 0.3 is 0 Å². The lowest BCUT2D eigenvalue weighted by Crippen LogP contribution is -1.89. The Balaban J connectivity index is 2.11. The van der Waals surface area contributed by atoms with E-state index in [4.69, 9.17) is 4.74 Å². The third-order valence-corrected chi connectivity index (χ3v) is 3.58. The van der Waals surface area contributed by atoms with E-state index < -0.39 is 0 Å². The van der Waals surface area contributed by atoms with Gasteiger partial charge in [0.15, 0.2) is 0 Å². The van der Waals surface area contributed by atoms with Gasteiger partial charge in [0.05, 0.1) is 6.26 Å². The van der Waals surface area contributed by atoms with E-state index in [-0.39, 0.29) is 0 Å². The van der Waals surface area contributed by atoms with Crippen molar-refractivity contribution in [3.05, 3.63) is 53.6 Å². The molecule has 0 aliphatic carbocycles. The van der Waals surface area contributed by atoms with Crippen molar-refractivity contribution in [3.8, 4) is 0 Å². The van der Waals surface area contributed by atoms with Gasteiger partial charge in [0.2, 0.25) is 0 Å². The van der Waals surface area contributed by atoms with Crippen LogP contribution < -0.4 is 0 Å². The lowest BCUT2D eigenvalue weighted by Gasteiger charge is -2.05. The molecule has 74 valence electrons. The summed E-state index contributed by atoms with van der Waals surface area (Å²) in [7, 11) is 0. The molecule has 1 aliphatic heterocycles. The number of benzene rings is 1. The highest BCUT2D eigenvalue weighted by molar-refractivity contribution is 7.20. The van der Waals surface area contributed by atoms with Crippen molar-refractivity contribution in [2.75, 3.05) is 6.61 Å². The van der Waals surface area contributed by atoms with Gasteiger partial charge in [-0.05, 0) is 23.6 Å². The monoisotopic (exact) mass is 214 g/mol. The SMILES string of the molecule is C1=CC(c2cc3ccccc3s2)=COC1. The quantitative estimate of drug-likeness (QED) is 0.701. The van der Waals surface area contributed by atoms with Crippen molar-refractivity contribution in [1.29, 1.82) is 0 Å². The summed E-state index contributed by atoms with van der Waals surface area (Å²) in [4.78, 5) is 1.27. The van der Waals surface area contributed by atoms with E-state index in [1.807, 2.05) is 12.3 Å². The van der Waals surface area contributed by atoms with Crippen molar-refractivity contribution in [1.82, 2.24) is 0 Å². The summed E-state index contributed by atoms with van der Waals surface area (Å²) in [5.41, 5.74) is 1.17. The Morgan fingerprint density at radius 3 is 2.93 bits per heavy atom. The summed E-state index contributed by atoms with van der Waals surface area (Å²) in [5, 5.41) is 1.30. The standard InChI is InChI=1S/C13H10OS/c1-2-6-12-10(4-1)8-13(15-12)11-5-3-7-14-9-11/h1-6,8-9H,7H2. The first kappa shape index (κ1) is 8.74. The Morgan fingerprint density at radius 1 is 1.20 bits per heavy atom. The van der Waals surface area contributed by atoms with Gasteiger partial charge in [0.25, 0.3) is 0 Å². The third-order valence-electron chi connectivity index (χ3n) is 2.41. The lowest BCUT2D eigenvalue weighted by molar-refractivity contribution is 0.288. The smallest absolute Gasteiger partial charge is 0.106 e. The summed E-state index contributed by atoms with van der Waals surface area (Å²) < 4.78 is 6.62. The zero-order valence-electron chi connectivity index (χ0n) is 8.14. The average Bonchev–Trinajstić information content (AvgIpc) is 2.74. The third kappa shape index (κ3) is 1.57. The first-order chi connectivity index (χ1) is 7.43. The molecule has 1 aliphatic rings. The fraction of sp³-hybridized carbons (Fsp3) is 0.0769. The summed E-state index contributed by atoms with van der Waals surface area (Å²) in [6, 6.07) is 10.6. The highest BCUT2D eigenvalue weighted by atomic mass is 32.1. The molecule has 3 rings (SSSR count). The Bertz CT molecular complexity index is 515. The maximum absolute atomic E-state index is 5.29. The van der Waals surface area contributed by atoms with Crippen LogP contribution in [0.5, 0.6) is 0 Å². The molecule has 1 aromatic carbocycles. The molecule has 0 spiro atoms. The molecule has 0 unspecified atom stereocenters. The van der Waals surface area contributed by atoms with Crippen molar-refractivity contribution in [2.45, 2.75) is 0 Å². The Hall–Kier alpha value is -1.54. The van der Waals surface area contributed by atoms with E-state index in [9.17, 15) is 0 Å². The molecule has 0 fully saturated rings. The van der Waals surface area contributed by atoms with Gasteiger partial charge in [-0.1, -0.05) is 24.3 Å². The first-order valence-electron chi connectivity index (χ1n) is 4.91. The van der Waals surface area contributed by atoms with E-state index in [1.54, 1.807) is 11.3 Å². The second-order valence-electron chi connectivity index (χ2n) is 3.46. The average molecular weight is 214 g/mol. The molecule has 0 N–H and O–H groups in total. The van der Waals surface area contributed by atoms with E-state index >= 15 is 0 Å². The Kier molecular flexibility index (Phi) is 2.07. The molecule has 0 radical (unpaired) electrons. The second-order valence-corrected chi connectivity index (χ2v) is 4.54. The molecule has 1 nitrogen and oxygen atoms in total. The van der Waals surface area contributed by atoms with Crippen molar-refractivity contribution in [2.24, 2.45) is 0 Å². The molecular weight excluding hydrogens is 204 g/mol. The van der Waals surface area contributed by atoms with Gasteiger partial charge in [-0.25, -0.2) is 0 Å². The molecule has 2 heteroatoms. The van der Waals surface area contributed by atoms with E-state index in [0.29, 0.717) is 6.61 Å². The summed E-state index contributed by atoms with van der Waals surface area (Å²) in [6.07, 6.45) is 6.00. The number of hydrogen-bond acceptors (Lipinski definition) is 2. The van der Waals surface area contributed by atoms with Crippen LogP contribution in [0.3, 0.4) is 0 Å². The van der Waals surface area contributed by atoms with Gasteiger partial charge in [0, 0.05) is 15.2 Å². The number of rotatable bonds is 1. The highest BCUT2D eigenvalue weighted by Gasteiger charge is 2.06. The van der Waals surface area contributed by atoms with Crippen LogP contribution in [0, 0.1) is 0 Å². The van der Waals surface area contributed by atoms with Crippen LogP contribution in [0.1, 0.15) is 4.88 Å². The zero-order valence-corrected chi connectivity index (χ0v) is 8.96. The molecule has 1 aromatic heterocycles. The predicted octanol–water partition coefficient (Wildman–Crippen LogP) is 3.83. The fourth-order valence-electron chi connectivity index (χ4n) is 1.67. The maximum Gasteiger partial charge on any atom is 0.106 e. The molecular formula is C13H10OS. The summed E-state index contributed by atoms with van der Waals surface area (Å²) >= 11 is 1.80. The highest BCUT2D eigenvalue weighted by Crippen LogP contribution is 2.31. The Morgan fingerprint density at radius 2 is 2.13 bits per heavy atom. The molecule has 2 aromatic rings. The van der Waals surface area contributed by atoms with Crippen LogP contribution in [-0.4, -0.2) is 6.61 Å². The van der Waals surface area contributed by atoms with Crippen LogP contribution in [0.15, 0.2) is 48.7 Å². The van der Waals surface area contributed by atoms with Crippen LogP contribution in [0.2, 0.25) is 0 Å². The second kappa shape index (κ2) is 3.55. The minimum atomic E-state index is 0.689. The molecule has 0 atom stereocenters. The van der Waals surface area contributed by atoms with Gasteiger partial charge in [-0.2, -0.15) is 0 Å².